The summed E-state index contributed by atoms with van der Waals surface area (Å²) in [6, 6.07) is 15.6. The van der Waals surface area contributed by atoms with E-state index in [0.29, 0.717) is 32.4 Å². The van der Waals surface area contributed by atoms with Crippen LogP contribution in [0.4, 0.5) is 0 Å². The molecule has 208 valence electrons. The molecule has 1 unspecified atom stereocenters. The summed E-state index contributed by atoms with van der Waals surface area (Å²) in [5.74, 6) is -0.564. The summed E-state index contributed by atoms with van der Waals surface area (Å²) in [4.78, 5) is 55.3. The summed E-state index contributed by atoms with van der Waals surface area (Å²) in [6.45, 7) is 2.69. The van der Waals surface area contributed by atoms with Crippen molar-refractivity contribution in [3.63, 3.8) is 0 Å². The van der Waals surface area contributed by atoms with Crippen molar-refractivity contribution >= 4 is 35.5 Å². The van der Waals surface area contributed by atoms with Gasteiger partial charge in [-0.15, -0.1) is 0 Å². The molecule has 2 fully saturated rings. The summed E-state index contributed by atoms with van der Waals surface area (Å²) in [6.07, 6.45) is 3.56. The van der Waals surface area contributed by atoms with Gasteiger partial charge in [-0.25, -0.2) is 4.79 Å². The van der Waals surface area contributed by atoms with E-state index in [1.165, 1.54) is 0 Å². The van der Waals surface area contributed by atoms with E-state index in [1.54, 1.807) is 52.8 Å². The number of nitrogens with one attached hydrogen (secondary N) is 1. The van der Waals surface area contributed by atoms with E-state index in [0.717, 1.165) is 11.3 Å². The molecule has 2 aromatic carbocycles. The maximum absolute atomic E-state index is 13.6. The number of carbonyl (C=O) groups is 4. The van der Waals surface area contributed by atoms with Crippen molar-refractivity contribution in [1.29, 1.82) is 0 Å². The molecule has 2 aromatic rings. The molecule has 9 nitrogen and oxygen atoms in total. The Morgan fingerprint density at radius 1 is 1.00 bits per heavy atom. The monoisotopic (exact) mass is 553 g/mol. The average Bonchev–Trinajstić information content (AvgIpc) is 3.20. The van der Waals surface area contributed by atoms with E-state index in [9.17, 15) is 19.2 Å². The Labute approximate surface area is 233 Å². The molecule has 10 heteroatoms. The van der Waals surface area contributed by atoms with Gasteiger partial charge in [0, 0.05) is 25.9 Å². The van der Waals surface area contributed by atoms with Crippen LogP contribution >= 0.6 is 11.8 Å². The number of rotatable bonds is 10. The van der Waals surface area contributed by atoms with Gasteiger partial charge in [-0.2, -0.15) is 11.8 Å². The number of thioether (sulfide) groups is 1. The summed E-state index contributed by atoms with van der Waals surface area (Å²) in [5, 5.41) is 3.49. The van der Waals surface area contributed by atoms with Gasteiger partial charge < -0.3 is 19.3 Å². The first-order valence-electron chi connectivity index (χ1n) is 13.2. The van der Waals surface area contributed by atoms with Crippen LogP contribution in [-0.2, 0) is 25.7 Å². The number of piperidine rings is 1. The Morgan fingerprint density at radius 2 is 1.67 bits per heavy atom. The highest BCUT2D eigenvalue weighted by atomic mass is 32.2. The highest BCUT2D eigenvalue weighted by Gasteiger charge is 2.52. The van der Waals surface area contributed by atoms with Crippen LogP contribution in [0.2, 0.25) is 0 Å². The predicted molar refractivity (Wildman–Crippen MR) is 148 cm³/mol. The lowest BCUT2D eigenvalue weighted by Gasteiger charge is -2.44. The van der Waals surface area contributed by atoms with Crippen LogP contribution < -0.4 is 5.32 Å². The Balaban J connectivity index is 1.45. The minimum Gasteiger partial charge on any atom is -0.465 e. The third kappa shape index (κ3) is 6.62. The molecule has 0 aliphatic carbocycles. The number of hydrogen-bond acceptors (Lipinski definition) is 8. The number of ether oxygens (including phenoxy) is 2. The van der Waals surface area contributed by atoms with E-state index in [4.69, 9.17) is 9.47 Å². The molecule has 2 amide bonds. The zero-order valence-electron chi connectivity index (χ0n) is 22.4. The zero-order valence-corrected chi connectivity index (χ0v) is 23.2. The molecule has 1 N–H and O–H groups in total. The number of hydrogen-bond donors (Lipinski definition) is 1. The second-order valence-electron chi connectivity index (χ2n) is 9.64. The fourth-order valence-corrected chi connectivity index (χ4v) is 5.64. The second-order valence-corrected chi connectivity index (χ2v) is 10.6. The van der Waals surface area contributed by atoms with Gasteiger partial charge >= 0.3 is 11.9 Å². The Kier molecular flexibility index (Phi) is 9.63. The van der Waals surface area contributed by atoms with Gasteiger partial charge in [0.25, 0.3) is 5.91 Å². The quantitative estimate of drug-likeness (QED) is 0.448. The molecule has 0 bridgehead atoms. The van der Waals surface area contributed by atoms with Crippen molar-refractivity contribution < 1.29 is 28.7 Å². The predicted octanol–water partition coefficient (Wildman–Crippen LogP) is 3.09. The van der Waals surface area contributed by atoms with Gasteiger partial charge in [0.05, 0.1) is 29.4 Å². The summed E-state index contributed by atoms with van der Waals surface area (Å²) in [5.41, 5.74) is 0.632. The normalized spacial score (nSPS) is 18.3. The van der Waals surface area contributed by atoms with Crippen molar-refractivity contribution in [3.8, 4) is 0 Å². The van der Waals surface area contributed by atoms with Crippen molar-refractivity contribution in [2.24, 2.45) is 0 Å². The molecule has 2 saturated heterocycles. The first-order valence-corrected chi connectivity index (χ1v) is 14.6. The summed E-state index contributed by atoms with van der Waals surface area (Å²) in [7, 11) is 0. The van der Waals surface area contributed by atoms with E-state index in [-0.39, 0.29) is 48.7 Å². The third-order valence-electron chi connectivity index (χ3n) is 7.19. The molecule has 4 rings (SSSR count). The third-order valence-corrected chi connectivity index (χ3v) is 7.84. The van der Waals surface area contributed by atoms with Crippen LogP contribution in [0.1, 0.15) is 52.5 Å². The average molecular weight is 554 g/mol. The maximum Gasteiger partial charge on any atom is 0.339 e. The molecular weight excluding hydrogens is 518 g/mol. The van der Waals surface area contributed by atoms with Gasteiger partial charge in [-0.1, -0.05) is 42.5 Å². The van der Waals surface area contributed by atoms with E-state index in [2.05, 4.69) is 5.32 Å². The highest BCUT2D eigenvalue weighted by Crippen LogP contribution is 2.34. The van der Waals surface area contributed by atoms with Crippen LogP contribution in [0.15, 0.2) is 54.6 Å². The van der Waals surface area contributed by atoms with Crippen LogP contribution in [0.5, 0.6) is 0 Å². The molecule has 2 aliphatic heterocycles. The van der Waals surface area contributed by atoms with Crippen LogP contribution in [-0.4, -0.2) is 83.5 Å². The van der Waals surface area contributed by atoms with Crippen molar-refractivity contribution in [2.45, 2.75) is 44.5 Å². The van der Waals surface area contributed by atoms with Crippen molar-refractivity contribution in [3.05, 3.63) is 71.3 Å². The van der Waals surface area contributed by atoms with Gasteiger partial charge in [0.1, 0.15) is 13.2 Å². The smallest absolute Gasteiger partial charge is 0.339 e. The molecule has 39 heavy (non-hydrogen) atoms. The largest absolute Gasteiger partial charge is 0.465 e. The topological polar surface area (TPSA) is 105 Å². The molecule has 1 spiro atoms. The minimum absolute atomic E-state index is 0.108. The number of carbonyl (C=O) groups excluding carboxylic acids is 4. The minimum atomic E-state index is -0.724. The Bertz CT molecular complexity index is 1180. The molecule has 2 aliphatic rings. The highest BCUT2D eigenvalue weighted by molar-refractivity contribution is 7.98. The van der Waals surface area contributed by atoms with Gasteiger partial charge in [0.2, 0.25) is 5.91 Å². The lowest BCUT2D eigenvalue weighted by molar-refractivity contribution is -0.151. The number of esters is 2. The summed E-state index contributed by atoms with van der Waals surface area (Å²) < 4.78 is 10.6. The Morgan fingerprint density at radius 3 is 2.33 bits per heavy atom. The molecule has 2 heterocycles. The first kappa shape index (κ1) is 28.6. The van der Waals surface area contributed by atoms with E-state index >= 15 is 0 Å². The lowest BCUT2D eigenvalue weighted by Crippen LogP contribution is -2.60. The van der Waals surface area contributed by atoms with E-state index in [1.807, 2.05) is 36.6 Å². The second kappa shape index (κ2) is 13.1. The fraction of sp³-hybridized carbons (Fsp3) is 0.448. The molecular formula is C29H35N3O6S. The molecule has 0 saturated carbocycles. The standard InChI is InChI=1S/C29H35N3O6S/c1-3-37-25(33)19-32-27(35)24(13-18-39-2)30-29(32)14-16-31(17-15-29)26(34)22-11-7-8-12-23(22)28(36)38-20-21-9-5-4-6-10-21/h4-12,24,30H,3,13-20H2,1-2H3. The number of nitrogens with zero attached hydrogens (tertiary/aromatic N) is 2. The van der Waals surface area contributed by atoms with Crippen LogP contribution in [0, 0.1) is 0 Å². The molecule has 1 atom stereocenters. The summed E-state index contributed by atoms with van der Waals surface area (Å²) >= 11 is 1.66. The number of benzene rings is 2. The SMILES string of the molecule is CCOC(=O)CN1C(=O)C(CCSC)NC12CCN(C(=O)c1ccccc1C(=O)OCc1ccccc1)CC2. The zero-order chi connectivity index (χ0) is 27.8. The van der Waals surface area contributed by atoms with E-state index < -0.39 is 17.6 Å². The van der Waals surface area contributed by atoms with Crippen molar-refractivity contribution in [2.75, 3.05) is 38.2 Å². The Hall–Kier alpha value is -3.37. The van der Waals surface area contributed by atoms with Gasteiger partial charge in [-0.05, 0) is 43.0 Å². The van der Waals surface area contributed by atoms with Gasteiger partial charge in [0.15, 0.2) is 0 Å². The number of likely N-dealkylation sites (tertiary alicyclic amines) is 1. The molecule has 0 radical (unpaired) electrons. The molecule has 0 aromatic heterocycles. The van der Waals surface area contributed by atoms with Gasteiger partial charge in [-0.3, -0.25) is 19.7 Å². The van der Waals surface area contributed by atoms with Crippen molar-refractivity contribution in [1.82, 2.24) is 15.1 Å². The van der Waals surface area contributed by atoms with Crippen LogP contribution in [0.3, 0.4) is 0 Å². The fourth-order valence-electron chi connectivity index (χ4n) is 5.17. The lowest BCUT2D eigenvalue weighted by atomic mass is 9.94. The van der Waals surface area contributed by atoms with Crippen LogP contribution in [0.25, 0.3) is 0 Å². The maximum atomic E-state index is 13.6. The first-order chi connectivity index (χ1) is 18.9. The number of amides is 2.